The van der Waals surface area contributed by atoms with Crippen molar-refractivity contribution < 1.29 is 0 Å². The fraction of sp³-hybridized carbons (Fsp3) is 0.462. The van der Waals surface area contributed by atoms with Gasteiger partial charge in [-0.05, 0) is 36.3 Å². The first-order chi connectivity index (χ1) is 8.31. The second-order valence-corrected chi connectivity index (χ2v) is 5.58. The SMILES string of the molecule is CC(CCl)CCCNc1nccc2sccc12. The van der Waals surface area contributed by atoms with Crippen molar-refractivity contribution in [1.29, 1.82) is 0 Å². The lowest BCUT2D eigenvalue weighted by Gasteiger charge is -2.09. The topological polar surface area (TPSA) is 24.9 Å². The fourth-order valence-corrected chi connectivity index (χ4v) is 2.71. The minimum Gasteiger partial charge on any atom is -0.370 e. The third kappa shape index (κ3) is 3.33. The molecule has 4 heteroatoms. The van der Waals surface area contributed by atoms with Crippen molar-refractivity contribution in [3.05, 3.63) is 23.7 Å². The molecule has 0 saturated heterocycles. The predicted octanol–water partition coefficient (Wildman–Crippen LogP) is 4.36. The number of rotatable bonds is 6. The molecule has 2 nitrogen and oxygen atoms in total. The van der Waals surface area contributed by atoms with Crippen LogP contribution >= 0.6 is 22.9 Å². The lowest BCUT2D eigenvalue weighted by Crippen LogP contribution is -2.06. The summed E-state index contributed by atoms with van der Waals surface area (Å²) in [5, 5.41) is 6.73. The van der Waals surface area contributed by atoms with Gasteiger partial charge in [-0.1, -0.05) is 6.92 Å². The maximum Gasteiger partial charge on any atom is 0.134 e. The van der Waals surface area contributed by atoms with Crippen LogP contribution in [0.1, 0.15) is 19.8 Å². The quantitative estimate of drug-likeness (QED) is 0.622. The molecule has 0 spiro atoms. The molecule has 1 unspecified atom stereocenters. The standard InChI is InChI=1S/C13H17ClN2S/c1-10(9-14)3-2-6-15-13-11-5-8-17-12(11)4-7-16-13/h4-5,7-8,10H,2-3,6,9H2,1H3,(H,15,16). The van der Waals surface area contributed by atoms with E-state index in [0.717, 1.165) is 31.1 Å². The van der Waals surface area contributed by atoms with Crippen molar-refractivity contribution in [2.45, 2.75) is 19.8 Å². The third-order valence-electron chi connectivity index (χ3n) is 2.81. The molecule has 0 fully saturated rings. The number of pyridine rings is 1. The van der Waals surface area contributed by atoms with E-state index in [0.29, 0.717) is 5.92 Å². The smallest absolute Gasteiger partial charge is 0.134 e. The van der Waals surface area contributed by atoms with Crippen molar-refractivity contribution in [1.82, 2.24) is 4.98 Å². The highest BCUT2D eigenvalue weighted by molar-refractivity contribution is 7.17. The van der Waals surface area contributed by atoms with Crippen LogP contribution in [0.4, 0.5) is 5.82 Å². The average Bonchev–Trinajstić information content (AvgIpc) is 2.83. The van der Waals surface area contributed by atoms with Gasteiger partial charge in [-0.2, -0.15) is 0 Å². The highest BCUT2D eigenvalue weighted by Gasteiger charge is 2.03. The summed E-state index contributed by atoms with van der Waals surface area (Å²) in [7, 11) is 0. The van der Waals surface area contributed by atoms with Crippen molar-refractivity contribution in [2.24, 2.45) is 5.92 Å². The molecule has 2 aromatic heterocycles. The molecule has 2 heterocycles. The number of halogens is 1. The van der Waals surface area contributed by atoms with Gasteiger partial charge in [-0.15, -0.1) is 22.9 Å². The minimum absolute atomic E-state index is 0.600. The molecule has 1 N–H and O–H groups in total. The minimum atomic E-state index is 0.600. The number of nitrogens with zero attached hydrogens (tertiary/aromatic N) is 1. The second kappa shape index (κ2) is 6.22. The highest BCUT2D eigenvalue weighted by Crippen LogP contribution is 2.25. The first-order valence-corrected chi connectivity index (χ1v) is 7.34. The van der Waals surface area contributed by atoms with Crippen LogP contribution in [-0.2, 0) is 0 Å². The van der Waals surface area contributed by atoms with Crippen molar-refractivity contribution in [3.8, 4) is 0 Å². The van der Waals surface area contributed by atoms with E-state index < -0.39 is 0 Å². The van der Waals surface area contributed by atoms with E-state index in [1.807, 2.05) is 6.20 Å². The van der Waals surface area contributed by atoms with Crippen LogP contribution in [0.5, 0.6) is 0 Å². The molecule has 0 radical (unpaired) electrons. The number of anilines is 1. The lowest BCUT2D eigenvalue weighted by atomic mass is 10.1. The van der Waals surface area contributed by atoms with Crippen LogP contribution in [-0.4, -0.2) is 17.4 Å². The molecule has 0 amide bonds. The zero-order valence-electron chi connectivity index (χ0n) is 9.95. The molecule has 2 aromatic rings. The van der Waals surface area contributed by atoms with Crippen molar-refractivity contribution in [3.63, 3.8) is 0 Å². The van der Waals surface area contributed by atoms with Gasteiger partial charge in [0.05, 0.1) is 0 Å². The summed E-state index contributed by atoms with van der Waals surface area (Å²) in [5.74, 6) is 2.35. The third-order valence-corrected chi connectivity index (χ3v) is 4.22. The van der Waals surface area contributed by atoms with E-state index >= 15 is 0 Å². The number of hydrogen-bond acceptors (Lipinski definition) is 3. The molecular weight excluding hydrogens is 252 g/mol. The molecule has 0 saturated carbocycles. The summed E-state index contributed by atoms with van der Waals surface area (Å²) in [5.41, 5.74) is 0. The number of fused-ring (bicyclic) bond motifs is 1. The van der Waals surface area contributed by atoms with Gasteiger partial charge in [0.25, 0.3) is 0 Å². The monoisotopic (exact) mass is 268 g/mol. The summed E-state index contributed by atoms with van der Waals surface area (Å²) in [6.07, 6.45) is 4.16. The zero-order valence-corrected chi connectivity index (χ0v) is 11.5. The predicted molar refractivity (Wildman–Crippen MR) is 77.2 cm³/mol. The Bertz CT molecular complexity index is 469. The molecule has 2 rings (SSSR count). The van der Waals surface area contributed by atoms with E-state index in [9.17, 15) is 0 Å². The fourth-order valence-electron chi connectivity index (χ4n) is 1.77. The molecule has 0 aliphatic rings. The molecule has 0 bridgehead atoms. The zero-order chi connectivity index (χ0) is 12.1. The summed E-state index contributed by atoms with van der Waals surface area (Å²) < 4.78 is 1.29. The molecule has 0 aliphatic carbocycles. The van der Waals surface area contributed by atoms with Gasteiger partial charge in [0, 0.05) is 28.7 Å². The summed E-state index contributed by atoms with van der Waals surface area (Å²) in [4.78, 5) is 4.39. The van der Waals surface area contributed by atoms with E-state index in [2.05, 4.69) is 34.7 Å². The van der Waals surface area contributed by atoms with Gasteiger partial charge in [-0.25, -0.2) is 4.98 Å². The molecule has 0 aromatic carbocycles. The molecular formula is C13H17ClN2S. The van der Waals surface area contributed by atoms with Crippen molar-refractivity contribution in [2.75, 3.05) is 17.7 Å². The van der Waals surface area contributed by atoms with E-state index in [1.54, 1.807) is 11.3 Å². The average molecular weight is 269 g/mol. The number of alkyl halides is 1. The van der Waals surface area contributed by atoms with E-state index in [-0.39, 0.29) is 0 Å². The van der Waals surface area contributed by atoms with E-state index in [4.69, 9.17) is 11.6 Å². The van der Waals surface area contributed by atoms with Crippen LogP contribution in [0.25, 0.3) is 10.1 Å². The summed E-state index contributed by atoms with van der Waals surface area (Å²) in [6, 6.07) is 4.18. The van der Waals surface area contributed by atoms with Crippen molar-refractivity contribution >= 4 is 38.8 Å². The largest absolute Gasteiger partial charge is 0.370 e. The highest BCUT2D eigenvalue weighted by atomic mass is 35.5. The summed E-state index contributed by atoms with van der Waals surface area (Å²) >= 11 is 7.53. The second-order valence-electron chi connectivity index (χ2n) is 4.32. The Kier molecular flexibility index (Phi) is 4.63. The Balaban J connectivity index is 1.88. The first-order valence-electron chi connectivity index (χ1n) is 5.93. The van der Waals surface area contributed by atoms with Gasteiger partial charge < -0.3 is 5.32 Å². The first kappa shape index (κ1) is 12.7. The lowest BCUT2D eigenvalue weighted by molar-refractivity contribution is 0.572. The molecule has 92 valence electrons. The van der Waals surface area contributed by atoms with Gasteiger partial charge in [0.2, 0.25) is 0 Å². The van der Waals surface area contributed by atoms with Gasteiger partial charge >= 0.3 is 0 Å². The maximum atomic E-state index is 5.78. The summed E-state index contributed by atoms with van der Waals surface area (Å²) in [6.45, 7) is 3.15. The number of hydrogen-bond donors (Lipinski definition) is 1. The maximum absolute atomic E-state index is 5.78. The normalized spacial score (nSPS) is 12.8. The Labute approximate surface area is 111 Å². The van der Waals surface area contributed by atoms with Crippen LogP contribution < -0.4 is 5.32 Å². The molecule has 0 aliphatic heterocycles. The van der Waals surface area contributed by atoms with Gasteiger partial charge in [0.1, 0.15) is 5.82 Å². The van der Waals surface area contributed by atoms with E-state index in [1.165, 1.54) is 10.1 Å². The van der Waals surface area contributed by atoms with Crippen LogP contribution in [0.2, 0.25) is 0 Å². The molecule has 1 atom stereocenters. The van der Waals surface area contributed by atoms with Gasteiger partial charge in [-0.3, -0.25) is 0 Å². The Morgan fingerprint density at radius 2 is 2.35 bits per heavy atom. The number of nitrogens with one attached hydrogen (secondary N) is 1. The van der Waals surface area contributed by atoms with Crippen LogP contribution in [0.15, 0.2) is 23.7 Å². The Morgan fingerprint density at radius 3 is 3.18 bits per heavy atom. The van der Waals surface area contributed by atoms with Gasteiger partial charge in [0.15, 0.2) is 0 Å². The number of aromatic nitrogens is 1. The number of thiophene rings is 1. The molecule has 17 heavy (non-hydrogen) atoms. The van der Waals surface area contributed by atoms with Crippen LogP contribution in [0.3, 0.4) is 0 Å². The Hall–Kier alpha value is -0.800. The Morgan fingerprint density at radius 1 is 1.47 bits per heavy atom. The van der Waals surface area contributed by atoms with Crippen LogP contribution in [0, 0.1) is 5.92 Å².